The van der Waals surface area contributed by atoms with E-state index in [1.165, 1.54) is 22.3 Å². The van der Waals surface area contributed by atoms with E-state index in [0.29, 0.717) is 10.6 Å². The molecular formula is C18H16N2O2S. The summed E-state index contributed by atoms with van der Waals surface area (Å²) in [6, 6.07) is 8.82. The van der Waals surface area contributed by atoms with Crippen LogP contribution in [-0.2, 0) is 17.6 Å². The maximum absolute atomic E-state index is 12.1. The summed E-state index contributed by atoms with van der Waals surface area (Å²) in [7, 11) is 0. The lowest BCUT2D eigenvalue weighted by atomic mass is 9.96. The standard InChI is InChI=1S/C18H16N2O2S/c19-11-15-14-3-1-2-4-16(14)23-18(15)20-17(22)10-7-12-5-8-13(21)9-6-12/h5-10,21H,1-4H2,(H,20,22)/b10-7+. The van der Waals surface area contributed by atoms with Crippen molar-refractivity contribution < 1.29 is 9.90 Å². The Morgan fingerprint density at radius 2 is 2.00 bits per heavy atom. The molecule has 0 saturated heterocycles. The van der Waals surface area contributed by atoms with Crippen LogP contribution < -0.4 is 5.32 Å². The SMILES string of the molecule is N#Cc1c(NC(=O)/C=C/c2ccc(O)cc2)sc2c1CCCC2. The molecule has 1 aliphatic carbocycles. The van der Waals surface area contributed by atoms with Gasteiger partial charge in [0.25, 0.3) is 0 Å². The van der Waals surface area contributed by atoms with Crippen LogP contribution in [0.1, 0.15) is 34.4 Å². The van der Waals surface area contributed by atoms with Gasteiger partial charge >= 0.3 is 0 Å². The number of thiophene rings is 1. The third-order valence-corrected chi connectivity index (χ3v) is 5.05. The van der Waals surface area contributed by atoms with Gasteiger partial charge in [-0.3, -0.25) is 4.79 Å². The molecule has 1 heterocycles. The molecule has 1 aromatic heterocycles. The van der Waals surface area contributed by atoms with E-state index in [0.717, 1.165) is 36.8 Å². The number of phenols is 1. The first-order valence-electron chi connectivity index (χ1n) is 7.50. The molecule has 1 amide bonds. The molecular weight excluding hydrogens is 308 g/mol. The zero-order valence-corrected chi connectivity index (χ0v) is 13.3. The van der Waals surface area contributed by atoms with Crippen LogP contribution in [0.15, 0.2) is 30.3 Å². The summed E-state index contributed by atoms with van der Waals surface area (Å²) in [6.07, 6.45) is 7.28. The second-order valence-corrected chi connectivity index (χ2v) is 6.55. The van der Waals surface area contributed by atoms with Crippen LogP contribution in [0, 0.1) is 11.3 Å². The number of nitriles is 1. The highest BCUT2D eigenvalue weighted by atomic mass is 32.1. The van der Waals surface area contributed by atoms with E-state index >= 15 is 0 Å². The number of phenolic OH excluding ortho intramolecular Hbond substituents is 1. The van der Waals surface area contributed by atoms with Crippen LogP contribution in [0.5, 0.6) is 5.75 Å². The van der Waals surface area contributed by atoms with E-state index in [4.69, 9.17) is 0 Å². The van der Waals surface area contributed by atoms with Gasteiger partial charge in [-0.2, -0.15) is 5.26 Å². The van der Waals surface area contributed by atoms with Gasteiger partial charge in [0.15, 0.2) is 0 Å². The minimum atomic E-state index is -0.256. The monoisotopic (exact) mass is 324 g/mol. The molecule has 0 fully saturated rings. The number of aryl methyl sites for hydroxylation is 1. The lowest BCUT2D eigenvalue weighted by Crippen LogP contribution is -2.07. The van der Waals surface area contributed by atoms with Crippen molar-refractivity contribution in [1.82, 2.24) is 0 Å². The van der Waals surface area contributed by atoms with E-state index in [2.05, 4.69) is 11.4 Å². The smallest absolute Gasteiger partial charge is 0.249 e. The number of anilines is 1. The molecule has 23 heavy (non-hydrogen) atoms. The Labute approximate surface area is 138 Å². The second kappa shape index (κ2) is 6.67. The number of carbonyl (C=O) groups excluding carboxylic acids is 1. The van der Waals surface area contributed by atoms with Crippen molar-refractivity contribution in [2.45, 2.75) is 25.7 Å². The van der Waals surface area contributed by atoms with E-state index in [1.54, 1.807) is 30.3 Å². The van der Waals surface area contributed by atoms with E-state index < -0.39 is 0 Å². The summed E-state index contributed by atoms with van der Waals surface area (Å²) < 4.78 is 0. The normalized spacial score (nSPS) is 13.5. The summed E-state index contributed by atoms with van der Waals surface area (Å²) in [5.41, 5.74) is 2.56. The fourth-order valence-corrected chi connectivity index (χ4v) is 3.93. The van der Waals surface area contributed by atoms with Gasteiger partial charge in [0.1, 0.15) is 16.8 Å². The largest absolute Gasteiger partial charge is 0.508 e. The fraction of sp³-hybridized carbons (Fsp3) is 0.222. The third-order valence-electron chi connectivity index (χ3n) is 3.84. The Bertz CT molecular complexity index is 798. The maximum atomic E-state index is 12.1. The van der Waals surface area contributed by atoms with Crippen molar-refractivity contribution in [3.63, 3.8) is 0 Å². The molecule has 0 aliphatic heterocycles. The van der Waals surface area contributed by atoms with Crippen molar-refractivity contribution in [1.29, 1.82) is 5.26 Å². The molecule has 0 radical (unpaired) electrons. The van der Waals surface area contributed by atoms with Crippen molar-refractivity contribution >= 4 is 28.3 Å². The number of hydrogen-bond acceptors (Lipinski definition) is 4. The molecule has 0 saturated carbocycles. The molecule has 0 spiro atoms. The van der Waals surface area contributed by atoms with Crippen molar-refractivity contribution in [3.8, 4) is 11.8 Å². The Hall–Kier alpha value is -2.58. The number of fused-ring (bicyclic) bond motifs is 1. The first-order chi connectivity index (χ1) is 11.2. The molecule has 2 aromatic rings. The van der Waals surface area contributed by atoms with Gasteiger partial charge in [-0.25, -0.2) is 0 Å². The molecule has 4 nitrogen and oxygen atoms in total. The molecule has 2 N–H and O–H groups in total. The second-order valence-electron chi connectivity index (χ2n) is 5.44. The molecule has 0 bridgehead atoms. The summed E-state index contributed by atoms with van der Waals surface area (Å²) in [4.78, 5) is 13.3. The molecule has 0 atom stereocenters. The highest BCUT2D eigenvalue weighted by Crippen LogP contribution is 2.37. The highest BCUT2D eigenvalue weighted by Gasteiger charge is 2.21. The highest BCUT2D eigenvalue weighted by molar-refractivity contribution is 7.16. The summed E-state index contributed by atoms with van der Waals surface area (Å²) in [5.74, 6) is -0.0670. The van der Waals surface area contributed by atoms with Gasteiger partial charge < -0.3 is 10.4 Å². The van der Waals surface area contributed by atoms with Gasteiger partial charge in [0.05, 0.1) is 5.56 Å². The number of nitrogens with zero attached hydrogens (tertiary/aromatic N) is 1. The van der Waals surface area contributed by atoms with Crippen molar-refractivity contribution in [2.24, 2.45) is 0 Å². The van der Waals surface area contributed by atoms with Crippen LogP contribution in [0.3, 0.4) is 0 Å². The maximum Gasteiger partial charge on any atom is 0.249 e. The Kier molecular flexibility index (Phi) is 4.45. The predicted molar refractivity (Wildman–Crippen MR) is 91.4 cm³/mol. The van der Waals surface area contributed by atoms with Crippen molar-refractivity contribution in [2.75, 3.05) is 5.32 Å². The molecule has 116 valence electrons. The van der Waals surface area contributed by atoms with Gasteiger partial charge in [-0.15, -0.1) is 11.3 Å². The Morgan fingerprint density at radius 3 is 2.74 bits per heavy atom. The average Bonchev–Trinajstić information content (AvgIpc) is 2.91. The topological polar surface area (TPSA) is 73.1 Å². The zero-order chi connectivity index (χ0) is 16.2. The van der Waals surface area contributed by atoms with Gasteiger partial charge in [0, 0.05) is 11.0 Å². The van der Waals surface area contributed by atoms with Crippen LogP contribution in [0.2, 0.25) is 0 Å². The van der Waals surface area contributed by atoms with E-state index in [9.17, 15) is 15.2 Å². The number of amides is 1. The number of nitrogens with one attached hydrogen (secondary N) is 1. The molecule has 3 rings (SSSR count). The number of rotatable bonds is 3. The predicted octanol–water partition coefficient (Wildman–Crippen LogP) is 3.86. The fourth-order valence-electron chi connectivity index (χ4n) is 2.68. The van der Waals surface area contributed by atoms with Crippen LogP contribution in [0.4, 0.5) is 5.00 Å². The quantitative estimate of drug-likeness (QED) is 0.842. The van der Waals surface area contributed by atoms with Crippen molar-refractivity contribution in [3.05, 3.63) is 51.9 Å². The van der Waals surface area contributed by atoms with Gasteiger partial charge in [-0.1, -0.05) is 12.1 Å². The third kappa shape index (κ3) is 3.43. The van der Waals surface area contributed by atoms with Crippen LogP contribution in [0.25, 0.3) is 6.08 Å². The zero-order valence-electron chi connectivity index (χ0n) is 12.5. The average molecular weight is 324 g/mol. The van der Waals surface area contributed by atoms with Gasteiger partial charge in [0.2, 0.25) is 5.91 Å². The van der Waals surface area contributed by atoms with Gasteiger partial charge in [-0.05, 0) is 55.0 Å². The Balaban J connectivity index is 1.74. The lowest BCUT2D eigenvalue weighted by Gasteiger charge is -2.09. The summed E-state index contributed by atoms with van der Waals surface area (Å²) >= 11 is 1.52. The lowest BCUT2D eigenvalue weighted by molar-refractivity contribution is -0.111. The first kappa shape index (κ1) is 15.3. The molecule has 5 heteroatoms. The van der Waals surface area contributed by atoms with Crippen LogP contribution >= 0.6 is 11.3 Å². The number of benzene rings is 1. The van der Waals surface area contributed by atoms with E-state index in [-0.39, 0.29) is 11.7 Å². The number of hydrogen-bond donors (Lipinski definition) is 2. The number of aromatic hydroxyl groups is 1. The minimum absolute atomic E-state index is 0.189. The summed E-state index contributed by atoms with van der Waals surface area (Å²) in [5, 5.41) is 22.1. The molecule has 1 aliphatic rings. The minimum Gasteiger partial charge on any atom is -0.508 e. The summed E-state index contributed by atoms with van der Waals surface area (Å²) in [6.45, 7) is 0. The molecule has 0 unspecified atom stereocenters. The molecule has 1 aromatic carbocycles. The Morgan fingerprint density at radius 1 is 1.26 bits per heavy atom. The van der Waals surface area contributed by atoms with Crippen LogP contribution in [-0.4, -0.2) is 11.0 Å². The van der Waals surface area contributed by atoms with E-state index in [1.807, 2.05) is 0 Å². The first-order valence-corrected chi connectivity index (χ1v) is 8.32. The number of carbonyl (C=O) groups is 1.